The highest BCUT2D eigenvalue weighted by Crippen LogP contribution is 2.23. The van der Waals surface area contributed by atoms with Crippen LogP contribution in [-0.4, -0.2) is 55.8 Å². The fourth-order valence-corrected chi connectivity index (χ4v) is 5.64. The number of benzene rings is 3. The van der Waals surface area contributed by atoms with Gasteiger partial charge in [0.2, 0.25) is 15.9 Å². The van der Waals surface area contributed by atoms with Gasteiger partial charge in [0.1, 0.15) is 5.82 Å². The first kappa shape index (κ1) is 24.1. The monoisotopic (exact) mass is 481 g/mol. The summed E-state index contributed by atoms with van der Waals surface area (Å²) >= 11 is 0. The Kier molecular flexibility index (Phi) is 7.41. The minimum absolute atomic E-state index is 0.0553. The van der Waals surface area contributed by atoms with E-state index in [-0.39, 0.29) is 29.9 Å². The zero-order valence-corrected chi connectivity index (χ0v) is 19.8. The molecule has 0 bridgehead atoms. The van der Waals surface area contributed by atoms with Crippen molar-refractivity contribution in [3.05, 3.63) is 102 Å². The van der Waals surface area contributed by atoms with Gasteiger partial charge < -0.3 is 5.32 Å². The molecule has 8 heteroatoms. The molecule has 1 atom stereocenters. The second kappa shape index (κ2) is 10.5. The van der Waals surface area contributed by atoms with Crippen LogP contribution in [0, 0.1) is 5.82 Å². The minimum atomic E-state index is -3.78. The highest BCUT2D eigenvalue weighted by molar-refractivity contribution is 7.89. The predicted molar refractivity (Wildman–Crippen MR) is 129 cm³/mol. The molecule has 0 aromatic heterocycles. The maximum atomic E-state index is 13.5. The number of nitrogens with zero attached hydrogens (tertiary/aromatic N) is 2. The van der Waals surface area contributed by atoms with Crippen LogP contribution >= 0.6 is 0 Å². The lowest BCUT2D eigenvalue weighted by atomic mass is 9.98. The molecule has 3 aromatic carbocycles. The van der Waals surface area contributed by atoms with Crippen molar-refractivity contribution in [3.63, 3.8) is 0 Å². The molecular weight excluding hydrogens is 453 g/mol. The molecule has 0 radical (unpaired) electrons. The summed E-state index contributed by atoms with van der Waals surface area (Å²) in [5.74, 6) is -0.712. The largest absolute Gasteiger partial charge is 0.344 e. The summed E-state index contributed by atoms with van der Waals surface area (Å²) in [6, 6.07) is 23.9. The van der Waals surface area contributed by atoms with Gasteiger partial charge in [0, 0.05) is 26.2 Å². The van der Waals surface area contributed by atoms with Crippen LogP contribution in [-0.2, 0) is 14.8 Å². The summed E-state index contributed by atoms with van der Waals surface area (Å²) in [5, 5.41) is 3.17. The van der Waals surface area contributed by atoms with Crippen molar-refractivity contribution in [1.82, 2.24) is 14.5 Å². The predicted octanol–water partition coefficient (Wildman–Crippen LogP) is 3.43. The van der Waals surface area contributed by atoms with E-state index in [1.54, 1.807) is 0 Å². The van der Waals surface area contributed by atoms with Gasteiger partial charge in [-0.2, -0.15) is 4.31 Å². The Morgan fingerprint density at radius 3 is 1.94 bits per heavy atom. The molecule has 0 unspecified atom stereocenters. The molecule has 0 saturated carbocycles. The van der Waals surface area contributed by atoms with Crippen molar-refractivity contribution < 1.29 is 17.6 Å². The van der Waals surface area contributed by atoms with Crippen LogP contribution in [0.15, 0.2) is 89.8 Å². The van der Waals surface area contributed by atoms with Crippen molar-refractivity contribution in [2.45, 2.75) is 23.9 Å². The molecule has 1 heterocycles. The SMILES string of the molecule is C[C@@H](C(=O)NC(c1ccccc1)c1ccccc1)N1CCN(S(=O)(=O)c2cccc(F)c2)CC1. The smallest absolute Gasteiger partial charge is 0.243 e. The molecule has 0 spiro atoms. The quantitative estimate of drug-likeness (QED) is 0.562. The van der Waals surface area contributed by atoms with Gasteiger partial charge in [0.05, 0.1) is 17.0 Å². The van der Waals surface area contributed by atoms with Gasteiger partial charge in [-0.05, 0) is 36.2 Å². The highest BCUT2D eigenvalue weighted by atomic mass is 32.2. The number of carbonyl (C=O) groups excluding carboxylic acids is 1. The number of piperazine rings is 1. The lowest BCUT2D eigenvalue weighted by molar-refractivity contribution is -0.126. The van der Waals surface area contributed by atoms with Crippen molar-refractivity contribution in [1.29, 1.82) is 0 Å². The summed E-state index contributed by atoms with van der Waals surface area (Å²) < 4.78 is 40.6. The van der Waals surface area contributed by atoms with Gasteiger partial charge in [0.15, 0.2) is 0 Å². The number of sulfonamides is 1. The second-order valence-electron chi connectivity index (χ2n) is 8.34. The van der Waals surface area contributed by atoms with E-state index in [1.807, 2.05) is 72.5 Å². The Bertz CT molecular complexity index is 1170. The number of hydrogen-bond donors (Lipinski definition) is 1. The number of carbonyl (C=O) groups is 1. The third-order valence-electron chi connectivity index (χ3n) is 6.19. The first-order valence-corrected chi connectivity index (χ1v) is 12.7. The fourth-order valence-electron chi connectivity index (χ4n) is 4.19. The Hall–Kier alpha value is -3.07. The summed E-state index contributed by atoms with van der Waals surface area (Å²) in [6.07, 6.45) is 0. The molecule has 1 aliphatic rings. The van der Waals surface area contributed by atoms with E-state index < -0.39 is 21.9 Å². The van der Waals surface area contributed by atoms with Crippen LogP contribution in [0.2, 0.25) is 0 Å². The van der Waals surface area contributed by atoms with Crippen LogP contribution in [0.3, 0.4) is 0 Å². The van der Waals surface area contributed by atoms with Crippen molar-refractivity contribution >= 4 is 15.9 Å². The van der Waals surface area contributed by atoms with Gasteiger partial charge >= 0.3 is 0 Å². The fraction of sp³-hybridized carbons (Fsp3) is 0.269. The molecule has 1 fully saturated rings. The van der Waals surface area contributed by atoms with Gasteiger partial charge in [-0.3, -0.25) is 9.69 Å². The maximum Gasteiger partial charge on any atom is 0.243 e. The van der Waals surface area contributed by atoms with E-state index in [9.17, 15) is 17.6 Å². The minimum Gasteiger partial charge on any atom is -0.344 e. The zero-order valence-electron chi connectivity index (χ0n) is 19.0. The average molecular weight is 482 g/mol. The first-order valence-electron chi connectivity index (χ1n) is 11.3. The summed E-state index contributed by atoms with van der Waals surface area (Å²) in [6.45, 7) is 3.11. The van der Waals surface area contributed by atoms with Gasteiger partial charge in [-0.25, -0.2) is 12.8 Å². The van der Waals surface area contributed by atoms with Crippen molar-refractivity contribution in [2.75, 3.05) is 26.2 Å². The standard InChI is InChI=1S/C26H28FN3O3S/c1-20(26(31)28-25(21-9-4-2-5-10-21)22-11-6-3-7-12-22)29-15-17-30(18-16-29)34(32,33)24-14-8-13-23(27)19-24/h2-14,19-20,25H,15-18H2,1H3,(H,28,31)/t20-/m0/s1. The van der Waals surface area contributed by atoms with E-state index in [0.29, 0.717) is 13.1 Å². The topological polar surface area (TPSA) is 69.7 Å². The van der Waals surface area contributed by atoms with Crippen LogP contribution in [0.4, 0.5) is 4.39 Å². The molecule has 1 saturated heterocycles. The second-order valence-corrected chi connectivity index (χ2v) is 10.3. The molecule has 4 rings (SSSR count). The third kappa shape index (κ3) is 5.35. The number of rotatable bonds is 7. The molecule has 1 amide bonds. The molecule has 1 N–H and O–H groups in total. The summed E-state index contributed by atoms with van der Waals surface area (Å²) in [5.41, 5.74) is 1.97. The number of hydrogen-bond acceptors (Lipinski definition) is 4. The van der Waals surface area contributed by atoms with E-state index in [0.717, 1.165) is 17.2 Å². The highest BCUT2D eigenvalue weighted by Gasteiger charge is 2.32. The molecule has 178 valence electrons. The molecule has 0 aliphatic carbocycles. The van der Waals surface area contributed by atoms with E-state index >= 15 is 0 Å². The summed E-state index contributed by atoms with van der Waals surface area (Å²) in [4.78, 5) is 15.1. The van der Waals surface area contributed by atoms with Gasteiger partial charge in [-0.15, -0.1) is 0 Å². The van der Waals surface area contributed by atoms with Crippen LogP contribution in [0.5, 0.6) is 0 Å². The van der Waals surface area contributed by atoms with Crippen LogP contribution < -0.4 is 5.32 Å². The Morgan fingerprint density at radius 2 is 1.41 bits per heavy atom. The van der Waals surface area contributed by atoms with E-state index in [2.05, 4.69) is 5.32 Å². The first-order chi connectivity index (χ1) is 16.4. The zero-order chi connectivity index (χ0) is 24.1. The Balaban J connectivity index is 1.42. The molecule has 3 aromatic rings. The van der Waals surface area contributed by atoms with Crippen LogP contribution in [0.25, 0.3) is 0 Å². The lowest BCUT2D eigenvalue weighted by Gasteiger charge is -2.37. The van der Waals surface area contributed by atoms with Crippen LogP contribution in [0.1, 0.15) is 24.1 Å². The number of amides is 1. The van der Waals surface area contributed by atoms with Crippen molar-refractivity contribution in [3.8, 4) is 0 Å². The Labute approximate surface area is 200 Å². The normalized spacial score (nSPS) is 16.3. The molecule has 1 aliphatic heterocycles. The summed E-state index contributed by atoms with van der Waals surface area (Å²) in [7, 11) is -3.78. The van der Waals surface area contributed by atoms with Gasteiger partial charge in [0.25, 0.3) is 0 Å². The van der Waals surface area contributed by atoms with Crippen molar-refractivity contribution in [2.24, 2.45) is 0 Å². The average Bonchev–Trinajstić information content (AvgIpc) is 2.88. The van der Waals surface area contributed by atoms with E-state index in [4.69, 9.17) is 0 Å². The molecule has 34 heavy (non-hydrogen) atoms. The molecule has 6 nitrogen and oxygen atoms in total. The number of halogens is 1. The third-order valence-corrected chi connectivity index (χ3v) is 8.08. The maximum absolute atomic E-state index is 13.5. The van der Waals surface area contributed by atoms with Gasteiger partial charge in [-0.1, -0.05) is 66.7 Å². The molecular formula is C26H28FN3O3S. The Morgan fingerprint density at radius 1 is 0.853 bits per heavy atom. The van der Waals surface area contributed by atoms with E-state index in [1.165, 1.54) is 22.5 Å². The number of nitrogens with one attached hydrogen (secondary N) is 1. The lowest BCUT2D eigenvalue weighted by Crippen LogP contribution is -2.55.